The highest BCUT2D eigenvalue weighted by atomic mass is 35.5. The number of sulfonamides is 1. The van der Waals surface area contributed by atoms with E-state index in [1.165, 1.54) is 12.1 Å². The van der Waals surface area contributed by atoms with Crippen LogP contribution in [0.1, 0.15) is 19.3 Å². The number of nitrogens with one attached hydrogen (secondary N) is 1. The Hall–Kier alpha value is -0.530. The van der Waals surface area contributed by atoms with Crippen LogP contribution >= 0.6 is 23.2 Å². The van der Waals surface area contributed by atoms with E-state index in [1.807, 2.05) is 0 Å². The summed E-state index contributed by atoms with van der Waals surface area (Å²) in [5.41, 5.74) is 5.72. The monoisotopic (exact) mass is 338 g/mol. The van der Waals surface area contributed by atoms with Crippen molar-refractivity contribution in [1.29, 1.82) is 0 Å². The molecular weight excluding hydrogens is 323 g/mol. The second-order valence-electron chi connectivity index (χ2n) is 4.91. The SMILES string of the molecule is Nc1c(Cl)cc(S(=O)(=O)NCC2CCCC2O)cc1Cl. The molecule has 0 bridgehead atoms. The van der Waals surface area contributed by atoms with Gasteiger partial charge in [-0.3, -0.25) is 0 Å². The Balaban J connectivity index is 2.14. The zero-order valence-electron chi connectivity index (χ0n) is 10.6. The van der Waals surface area contributed by atoms with Gasteiger partial charge in [0, 0.05) is 6.54 Å². The lowest BCUT2D eigenvalue weighted by molar-refractivity contribution is 0.134. The van der Waals surface area contributed by atoms with E-state index < -0.39 is 16.1 Å². The van der Waals surface area contributed by atoms with Gasteiger partial charge in [-0.25, -0.2) is 13.1 Å². The topological polar surface area (TPSA) is 92.4 Å². The maximum absolute atomic E-state index is 12.2. The summed E-state index contributed by atoms with van der Waals surface area (Å²) in [6.45, 7) is 0.198. The van der Waals surface area contributed by atoms with Crippen molar-refractivity contribution in [2.45, 2.75) is 30.3 Å². The predicted molar refractivity (Wildman–Crippen MR) is 79.4 cm³/mol. The Kier molecular flexibility index (Phi) is 4.81. The lowest BCUT2D eigenvalue weighted by Gasteiger charge is -2.15. The van der Waals surface area contributed by atoms with Crippen LogP contribution in [0.2, 0.25) is 10.0 Å². The van der Waals surface area contributed by atoms with E-state index >= 15 is 0 Å². The molecule has 2 rings (SSSR count). The predicted octanol–water partition coefficient (Wildman–Crippen LogP) is 2.01. The minimum Gasteiger partial charge on any atom is -0.396 e. The number of anilines is 1. The van der Waals surface area contributed by atoms with E-state index in [0.717, 1.165) is 12.8 Å². The molecule has 0 radical (unpaired) electrons. The Morgan fingerprint density at radius 1 is 1.30 bits per heavy atom. The van der Waals surface area contributed by atoms with E-state index in [1.54, 1.807) is 0 Å². The van der Waals surface area contributed by atoms with E-state index in [0.29, 0.717) is 6.42 Å². The molecule has 1 aromatic rings. The van der Waals surface area contributed by atoms with Crippen LogP contribution in [-0.4, -0.2) is 26.2 Å². The molecule has 0 aliphatic heterocycles. The molecule has 2 atom stereocenters. The van der Waals surface area contributed by atoms with Gasteiger partial charge in [-0.15, -0.1) is 0 Å². The Labute approximate surface area is 128 Å². The third-order valence-corrected chi connectivity index (χ3v) is 5.55. The number of benzene rings is 1. The highest BCUT2D eigenvalue weighted by molar-refractivity contribution is 7.89. The van der Waals surface area contributed by atoms with Gasteiger partial charge in [0.1, 0.15) is 0 Å². The molecule has 0 aromatic heterocycles. The van der Waals surface area contributed by atoms with Crippen LogP contribution < -0.4 is 10.5 Å². The van der Waals surface area contributed by atoms with Gasteiger partial charge in [0.05, 0.1) is 26.7 Å². The van der Waals surface area contributed by atoms with Crippen LogP contribution in [0.25, 0.3) is 0 Å². The number of halogens is 2. The standard InChI is InChI=1S/C12H16Cl2N2O3S/c13-9-4-8(5-10(14)12(9)15)20(18,19)16-6-7-2-1-3-11(7)17/h4-5,7,11,16-17H,1-3,6,15H2. The first-order valence-electron chi connectivity index (χ1n) is 6.23. The van der Waals surface area contributed by atoms with Gasteiger partial charge in [0.25, 0.3) is 0 Å². The van der Waals surface area contributed by atoms with Crippen LogP contribution in [0.3, 0.4) is 0 Å². The summed E-state index contributed by atoms with van der Waals surface area (Å²) < 4.78 is 26.8. The van der Waals surface area contributed by atoms with Gasteiger partial charge in [-0.1, -0.05) is 29.6 Å². The Morgan fingerprint density at radius 3 is 2.40 bits per heavy atom. The molecule has 1 aromatic carbocycles. The van der Waals surface area contributed by atoms with Crippen molar-refractivity contribution in [1.82, 2.24) is 4.72 Å². The minimum atomic E-state index is -3.72. The molecule has 4 N–H and O–H groups in total. The summed E-state index contributed by atoms with van der Waals surface area (Å²) >= 11 is 11.7. The molecule has 2 unspecified atom stereocenters. The van der Waals surface area contributed by atoms with Crippen LogP contribution in [-0.2, 0) is 10.0 Å². The van der Waals surface area contributed by atoms with Crippen LogP contribution in [0.4, 0.5) is 5.69 Å². The van der Waals surface area contributed by atoms with Crippen molar-refractivity contribution in [3.05, 3.63) is 22.2 Å². The molecule has 5 nitrogen and oxygen atoms in total. The molecule has 1 aliphatic rings. The minimum absolute atomic E-state index is 0.0332. The summed E-state index contributed by atoms with van der Waals surface area (Å²) in [5.74, 6) is -0.0514. The summed E-state index contributed by atoms with van der Waals surface area (Å²) in [5, 5.41) is 9.88. The van der Waals surface area contributed by atoms with Crippen LogP contribution in [0, 0.1) is 5.92 Å². The third kappa shape index (κ3) is 3.38. The maximum Gasteiger partial charge on any atom is 0.240 e. The van der Waals surface area contributed by atoms with E-state index in [9.17, 15) is 13.5 Å². The quantitative estimate of drug-likeness (QED) is 0.732. The van der Waals surface area contributed by atoms with Crippen LogP contribution in [0.15, 0.2) is 17.0 Å². The second kappa shape index (κ2) is 6.07. The fraction of sp³-hybridized carbons (Fsp3) is 0.500. The highest BCUT2D eigenvalue weighted by Gasteiger charge is 2.27. The van der Waals surface area contributed by atoms with Gasteiger partial charge in [0.15, 0.2) is 0 Å². The van der Waals surface area contributed by atoms with Gasteiger partial charge >= 0.3 is 0 Å². The fourth-order valence-electron chi connectivity index (χ4n) is 2.27. The first kappa shape index (κ1) is 15.9. The van der Waals surface area contributed by atoms with Crippen molar-refractivity contribution in [3.63, 3.8) is 0 Å². The lowest BCUT2D eigenvalue weighted by atomic mass is 10.1. The lowest BCUT2D eigenvalue weighted by Crippen LogP contribution is -2.32. The van der Waals surface area contributed by atoms with Crippen molar-refractivity contribution < 1.29 is 13.5 Å². The zero-order chi connectivity index (χ0) is 14.9. The average molecular weight is 339 g/mol. The molecule has 112 valence electrons. The normalized spacial score (nSPS) is 23.1. The number of rotatable bonds is 4. The highest BCUT2D eigenvalue weighted by Crippen LogP contribution is 2.31. The average Bonchev–Trinajstić information content (AvgIpc) is 2.78. The van der Waals surface area contributed by atoms with Gasteiger partial charge in [-0.2, -0.15) is 0 Å². The first-order valence-corrected chi connectivity index (χ1v) is 8.47. The summed E-state index contributed by atoms with van der Waals surface area (Å²) in [7, 11) is -3.72. The summed E-state index contributed by atoms with van der Waals surface area (Å²) in [4.78, 5) is -0.0332. The number of aliphatic hydroxyl groups is 1. The second-order valence-corrected chi connectivity index (χ2v) is 7.49. The molecule has 1 saturated carbocycles. The van der Waals surface area contributed by atoms with Gasteiger partial charge < -0.3 is 10.8 Å². The smallest absolute Gasteiger partial charge is 0.240 e. The molecule has 1 fully saturated rings. The number of nitrogen functional groups attached to an aromatic ring is 1. The molecule has 20 heavy (non-hydrogen) atoms. The Morgan fingerprint density at radius 2 is 1.90 bits per heavy atom. The largest absolute Gasteiger partial charge is 0.396 e. The molecule has 1 aliphatic carbocycles. The van der Waals surface area contributed by atoms with Crippen molar-refractivity contribution >= 4 is 38.9 Å². The molecule has 0 spiro atoms. The summed E-state index contributed by atoms with van der Waals surface area (Å²) in [6, 6.07) is 2.52. The maximum atomic E-state index is 12.2. The molecule has 0 saturated heterocycles. The molecule has 0 heterocycles. The number of hydrogen-bond acceptors (Lipinski definition) is 4. The van der Waals surface area contributed by atoms with E-state index in [-0.39, 0.29) is 33.1 Å². The summed E-state index contributed by atoms with van der Waals surface area (Å²) in [6.07, 6.45) is 1.99. The van der Waals surface area contributed by atoms with Crippen molar-refractivity contribution in [3.8, 4) is 0 Å². The zero-order valence-corrected chi connectivity index (χ0v) is 13.0. The number of aliphatic hydroxyl groups excluding tert-OH is 1. The molecule has 0 amide bonds. The first-order chi connectivity index (χ1) is 9.31. The molecule has 8 heteroatoms. The Bertz CT molecular complexity index is 584. The van der Waals surface area contributed by atoms with Crippen LogP contribution in [0.5, 0.6) is 0 Å². The van der Waals surface area contributed by atoms with Gasteiger partial charge in [-0.05, 0) is 30.9 Å². The third-order valence-electron chi connectivity index (χ3n) is 3.52. The van der Waals surface area contributed by atoms with E-state index in [2.05, 4.69) is 4.72 Å². The fourth-order valence-corrected chi connectivity index (χ4v) is 4.03. The molecular formula is C12H16Cl2N2O3S. The van der Waals surface area contributed by atoms with Crippen molar-refractivity contribution in [2.24, 2.45) is 5.92 Å². The van der Waals surface area contributed by atoms with Gasteiger partial charge in [0.2, 0.25) is 10.0 Å². The van der Waals surface area contributed by atoms with E-state index in [4.69, 9.17) is 28.9 Å². The van der Waals surface area contributed by atoms with Crippen molar-refractivity contribution in [2.75, 3.05) is 12.3 Å². The number of nitrogens with two attached hydrogens (primary N) is 1. The number of hydrogen-bond donors (Lipinski definition) is 3.